The summed E-state index contributed by atoms with van der Waals surface area (Å²) in [6.45, 7) is 2.13. The number of benzene rings is 5. The Morgan fingerprint density at radius 3 is 1.59 bits per heavy atom. The molecule has 0 aliphatic carbocycles. The van der Waals surface area contributed by atoms with Crippen molar-refractivity contribution in [1.82, 2.24) is 27.9 Å². The van der Waals surface area contributed by atoms with Crippen LogP contribution >= 0.6 is 0 Å². The quantitative estimate of drug-likeness (QED) is 0.246. The Morgan fingerprint density at radius 2 is 0.949 bits per heavy atom. The summed E-state index contributed by atoms with van der Waals surface area (Å²) in [5, 5.41) is 0. The molecule has 0 spiro atoms. The molecular weight excluding hydrogens is 480 g/mol. The van der Waals surface area contributed by atoms with Crippen molar-refractivity contribution in [1.29, 1.82) is 0 Å². The molecule has 0 atom stereocenters. The predicted molar refractivity (Wildman–Crippen MR) is 157 cm³/mol. The lowest BCUT2D eigenvalue weighted by Gasteiger charge is -2.10. The van der Waals surface area contributed by atoms with Gasteiger partial charge in [0, 0.05) is 0 Å². The van der Waals surface area contributed by atoms with E-state index in [1.165, 1.54) is 5.56 Å². The van der Waals surface area contributed by atoms with Crippen molar-refractivity contribution in [2.45, 2.75) is 6.92 Å². The van der Waals surface area contributed by atoms with Gasteiger partial charge in [0.15, 0.2) is 0 Å². The van der Waals surface area contributed by atoms with Crippen molar-refractivity contribution >= 4 is 55.7 Å². The normalized spacial score (nSPS) is 12.2. The zero-order valence-corrected chi connectivity index (χ0v) is 21.2. The Morgan fingerprint density at radius 1 is 0.436 bits per heavy atom. The minimum atomic E-state index is 0.902. The minimum absolute atomic E-state index is 0.902. The molecule has 9 aromatic rings. The van der Waals surface area contributed by atoms with E-state index in [2.05, 4.69) is 134 Å². The van der Waals surface area contributed by atoms with Crippen LogP contribution in [0.1, 0.15) is 5.56 Å². The van der Waals surface area contributed by atoms with E-state index in [9.17, 15) is 0 Å². The average molecular weight is 503 g/mol. The molecule has 0 unspecified atom stereocenters. The molecule has 0 fully saturated rings. The van der Waals surface area contributed by atoms with Gasteiger partial charge in [0.1, 0.15) is 0 Å². The van der Waals surface area contributed by atoms with Crippen molar-refractivity contribution in [3.8, 4) is 11.4 Å². The molecule has 184 valence electrons. The lowest BCUT2D eigenvalue weighted by molar-refractivity contribution is 1.08. The molecule has 5 aromatic carbocycles. The lowest BCUT2D eigenvalue weighted by Crippen LogP contribution is -1.99. The first-order valence-electron chi connectivity index (χ1n) is 13.1. The van der Waals surface area contributed by atoms with Crippen LogP contribution in [0.2, 0.25) is 0 Å². The van der Waals surface area contributed by atoms with Crippen molar-refractivity contribution in [3.63, 3.8) is 0 Å². The van der Waals surface area contributed by atoms with Crippen LogP contribution in [0.3, 0.4) is 0 Å². The molecule has 9 rings (SSSR count). The molecule has 0 N–H and O–H groups in total. The maximum atomic E-state index is 5.09. The summed E-state index contributed by atoms with van der Waals surface area (Å²) in [5.41, 5.74) is 12.0. The van der Waals surface area contributed by atoms with E-state index in [1.54, 1.807) is 0 Å². The van der Waals surface area contributed by atoms with E-state index in [-0.39, 0.29) is 0 Å². The SMILES string of the molecule is Cc1ccc2nc3n(-c4cccc(-n5c6ccccc6n6c7ccccc7nc56)c4)c4ccccc4n3c2c1. The van der Waals surface area contributed by atoms with E-state index in [1.807, 2.05) is 6.07 Å². The topological polar surface area (TPSA) is 44.5 Å². The summed E-state index contributed by atoms with van der Waals surface area (Å²) < 4.78 is 9.05. The van der Waals surface area contributed by atoms with Crippen molar-refractivity contribution in [3.05, 3.63) is 121 Å². The summed E-state index contributed by atoms with van der Waals surface area (Å²) in [5.74, 6) is 1.81. The summed E-state index contributed by atoms with van der Waals surface area (Å²) >= 11 is 0. The van der Waals surface area contributed by atoms with Gasteiger partial charge in [0.05, 0.1) is 55.5 Å². The molecule has 4 aromatic heterocycles. The standard InChI is InChI=1S/C33H22N6/c1-21-17-18-25-31(19-21)39-30-16-7-5-14-28(30)37(33(39)35-25)23-10-8-9-22(20-23)36-27-13-4-6-15-29(27)38-26-12-3-2-11-24(26)34-32(36)38/h2-20H,1H3. The number of rotatable bonds is 2. The molecule has 0 radical (unpaired) electrons. The van der Waals surface area contributed by atoms with E-state index in [0.717, 1.165) is 67.1 Å². The van der Waals surface area contributed by atoms with E-state index >= 15 is 0 Å². The average Bonchev–Trinajstić information content (AvgIpc) is 3.69. The number of hydrogen-bond acceptors (Lipinski definition) is 2. The third kappa shape index (κ3) is 2.69. The highest BCUT2D eigenvalue weighted by Gasteiger charge is 2.20. The zero-order valence-electron chi connectivity index (χ0n) is 21.2. The van der Waals surface area contributed by atoms with Gasteiger partial charge in [-0.2, -0.15) is 0 Å². The molecule has 39 heavy (non-hydrogen) atoms. The molecule has 0 saturated heterocycles. The van der Waals surface area contributed by atoms with Crippen LogP contribution in [0.15, 0.2) is 115 Å². The number of para-hydroxylation sites is 6. The molecule has 0 aliphatic rings. The second-order valence-corrected chi connectivity index (χ2v) is 10.1. The van der Waals surface area contributed by atoms with Crippen LogP contribution in [0.4, 0.5) is 0 Å². The Labute approximate surface area is 222 Å². The summed E-state index contributed by atoms with van der Waals surface area (Å²) in [6.07, 6.45) is 0. The summed E-state index contributed by atoms with van der Waals surface area (Å²) in [6, 6.07) is 40.5. The first-order chi connectivity index (χ1) is 19.3. The Balaban J connectivity index is 1.37. The van der Waals surface area contributed by atoms with Crippen molar-refractivity contribution < 1.29 is 0 Å². The van der Waals surface area contributed by atoms with Gasteiger partial charge >= 0.3 is 0 Å². The minimum Gasteiger partial charge on any atom is -0.278 e. The van der Waals surface area contributed by atoms with Crippen LogP contribution < -0.4 is 0 Å². The highest BCUT2D eigenvalue weighted by molar-refractivity contribution is 5.94. The Hall–Kier alpha value is -5.36. The third-order valence-electron chi connectivity index (χ3n) is 7.81. The van der Waals surface area contributed by atoms with Gasteiger partial charge in [-0.15, -0.1) is 0 Å². The molecular formula is C33H22N6. The van der Waals surface area contributed by atoms with Crippen LogP contribution in [-0.2, 0) is 0 Å². The van der Waals surface area contributed by atoms with Gasteiger partial charge in [-0.05, 0) is 79.2 Å². The Bertz CT molecular complexity index is 2410. The number of nitrogens with zero attached hydrogens (tertiary/aromatic N) is 6. The first-order valence-corrected chi connectivity index (χ1v) is 13.1. The van der Waals surface area contributed by atoms with Gasteiger partial charge in [0.2, 0.25) is 11.6 Å². The molecule has 0 aliphatic heterocycles. The maximum absolute atomic E-state index is 5.09. The van der Waals surface area contributed by atoms with Gasteiger partial charge in [0.25, 0.3) is 0 Å². The predicted octanol–water partition coefficient (Wildman–Crippen LogP) is 7.48. The number of hydrogen-bond donors (Lipinski definition) is 0. The summed E-state index contributed by atoms with van der Waals surface area (Å²) in [4.78, 5) is 10.2. The Kier molecular flexibility index (Phi) is 3.90. The molecule has 6 heteroatoms. The molecule has 0 bridgehead atoms. The monoisotopic (exact) mass is 502 g/mol. The fourth-order valence-electron chi connectivity index (χ4n) is 6.14. The number of aromatic nitrogens is 6. The van der Waals surface area contributed by atoms with Gasteiger partial charge in [-0.25, -0.2) is 9.97 Å². The van der Waals surface area contributed by atoms with Gasteiger partial charge < -0.3 is 0 Å². The molecule has 6 nitrogen and oxygen atoms in total. The van der Waals surface area contributed by atoms with Crippen molar-refractivity contribution in [2.75, 3.05) is 0 Å². The fraction of sp³-hybridized carbons (Fsp3) is 0.0303. The van der Waals surface area contributed by atoms with Crippen LogP contribution in [0, 0.1) is 6.92 Å². The second-order valence-electron chi connectivity index (χ2n) is 10.1. The largest absolute Gasteiger partial charge is 0.278 e. The van der Waals surface area contributed by atoms with Crippen LogP contribution in [-0.4, -0.2) is 27.9 Å². The van der Waals surface area contributed by atoms with E-state index in [0.29, 0.717) is 0 Å². The van der Waals surface area contributed by atoms with Crippen LogP contribution in [0.5, 0.6) is 0 Å². The first kappa shape index (κ1) is 20.7. The van der Waals surface area contributed by atoms with E-state index < -0.39 is 0 Å². The lowest BCUT2D eigenvalue weighted by atomic mass is 10.2. The molecule has 0 amide bonds. The van der Waals surface area contributed by atoms with Gasteiger partial charge in [-0.1, -0.05) is 48.5 Å². The smallest absolute Gasteiger partial charge is 0.220 e. The highest BCUT2D eigenvalue weighted by Crippen LogP contribution is 2.33. The zero-order chi connectivity index (χ0) is 25.7. The van der Waals surface area contributed by atoms with Gasteiger partial charge in [-0.3, -0.25) is 17.9 Å². The second kappa shape index (κ2) is 7.36. The summed E-state index contributed by atoms with van der Waals surface area (Å²) in [7, 11) is 0. The number of imidazole rings is 4. The maximum Gasteiger partial charge on any atom is 0.220 e. The number of fused-ring (bicyclic) bond motifs is 10. The number of aryl methyl sites for hydroxylation is 1. The molecule has 4 heterocycles. The highest BCUT2D eigenvalue weighted by atomic mass is 15.2. The van der Waals surface area contributed by atoms with Crippen molar-refractivity contribution in [2.24, 2.45) is 0 Å². The molecule has 0 saturated carbocycles. The van der Waals surface area contributed by atoms with E-state index in [4.69, 9.17) is 9.97 Å². The fourth-order valence-corrected chi connectivity index (χ4v) is 6.14. The third-order valence-corrected chi connectivity index (χ3v) is 7.81. The van der Waals surface area contributed by atoms with Crippen LogP contribution in [0.25, 0.3) is 67.1 Å².